The Hall–Kier alpha value is -1.51. The molecule has 1 aromatic carbocycles. The van der Waals surface area contributed by atoms with Crippen molar-refractivity contribution in [1.29, 1.82) is 0 Å². The molecule has 16 heavy (non-hydrogen) atoms. The molecule has 0 N–H and O–H groups in total. The summed E-state index contributed by atoms with van der Waals surface area (Å²) in [6, 6.07) is 8.15. The highest BCUT2D eigenvalue weighted by Crippen LogP contribution is 2.26. The van der Waals surface area contributed by atoms with Crippen LogP contribution in [0.1, 0.15) is 18.4 Å². The smallest absolute Gasteiger partial charge is 0.227 e. The van der Waals surface area contributed by atoms with Crippen molar-refractivity contribution in [3.63, 3.8) is 0 Å². The molecule has 3 nitrogen and oxygen atoms in total. The van der Waals surface area contributed by atoms with Crippen LogP contribution in [0.15, 0.2) is 24.3 Å². The zero-order valence-electron chi connectivity index (χ0n) is 9.77. The molecule has 0 aromatic heterocycles. The third kappa shape index (κ3) is 2.35. The van der Waals surface area contributed by atoms with E-state index in [2.05, 4.69) is 0 Å². The summed E-state index contributed by atoms with van der Waals surface area (Å²) in [5.74, 6) is 0.965. The number of rotatable bonds is 4. The van der Waals surface area contributed by atoms with Crippen molar-refractivity contribution in [3.05, 3.63) is 29.8 Å². The molecule has 0 unspecified atom stereocenters. The summed E-state index contributed by atoms with van der Waals surface area (Å²) in [5.41, 5.74) is 0.961. The van der Waals surface area contributed by atoms with Gasteiger partial charge in [0.2, 0.25) is 5.91 Å². The Labute approximate surface area is 96.0 Å². The van der Waals surface area contributed by atoms with E-state index < -0.39 is 0 Å². The van der Waals surface area contributed by atoms with E-state index in [9.17, 15) is 4.79 Å². The first kappa shape index (κ1) is 11.0. The molecule has 2 rings (SSSR count). The van der Waals surface area contributed by atoms with Gasteiger partial charge in [-0.05, 0) is 18.9 Å². The van der Waals surface area contributed by atoms with Gasteiger partial charge in [-0.15, -0.1) is 0 Å². The number of hydrogen-bond donors (Lipinski definition) is 0. The van der Waals surface area contributed by atoms with Crippen molar-refractivity contribution in [1.82, 2.24) is 4.90 Å². The Morgan fingerprint density at radius 1 is 1.44 bits per heavy atom. The van der Waals surface area contributed by atoms with Crippen LogP contribution in [-0.4, -0.2) is 31.0 Å². The Balaban J connectivity index is 2.04. The lowest BCUT2D eigenvalue weighted by molar-refractivity contribution is -0.129. The molecule has 1 fully saturated rings. The third-order valence-electron chi connectivity index (χ3n) is 3.02. The number of likely N-dealkylation sites (N-methyl/N-ethyl adjacent to an activating group) is 1. The van der Waals surface area contributed by atoms with Crippen molar-refractivity contribution in [2.45, 2.75) is 25.3 Å². The van der Waals surface area contributed by atoms with E-state index in [1.807, 2.05) is 36.2 Å². The Bertz CT molecular complexity index is 385. The van der Waals surface area contributed by atoms with Crippen LogP contribution in [0.25, 0.3) is 0 Å². The minimum absolute atomic E-state index is 0.173. The summed E-state index contributed by atoms with van der Waals surface area (Å²) in [6.07, 6.45) is 2.72. The molecule has 0 bridgehead atoms. The fourth-order valence-corrected chi connectivity index (χ4v) is 1.80. The normalized spacial score (nSPS) is 14.6. The van der Waals surface area contributed by atoms with Crippen LogP contribution in [0.4, 0.5) is 0 Å². The Morgan fingerprint density at radius 2 is 2.12 bits per heavy atom. The average Bonchev–Trinajstić information content (AvgIpc) is 3.12. The number of carbonyl (C=O) groups is 1. The minimum atomic E-state index is 0.173. The highest BCUT2D eigenvalue weighted by Gasteiger charge is 2.29. The van der Waals surface area contributed by atoms with Crippen molar-refractivity contribution in [2.24, 2.45) is 0 Å². The number of ether oxygens (including phenoxy) is 1. The maximum atomic E-state index is 11.9. The van der Waals surface area contributed by atoms with Crippen molar-refractivity contribution >= 4 is 5.91 Å². The van der Waals surface area contributed by atoms with Gasteiger partial charge >= 0.3 is 0 Å². The van der Waals surface area contributed by atoms with Gasteiger partial charge in [0.15, 0.2) is 0 Å². The zero-order valence-corrected chi connectivity index (χ0v) is 9.77. The van der Waals surface area contributed by atoms with Crippen LogP contribution >= 0.6 is 0 Å². The Kier molecular flexibility index (Phi) is 3.13. The number of methoxy groups -OCH3 is 1. The second-order valence-electron chi connectivity index (χ2n) is 4.22. The maximum Gasteiger partial charge on any atom is 0.227 e. The van der Waals surface area contributed by atoms with Crippen LogP contribution < -0.4 is 4.74 Å². The third-order valence-corrected chi connectivity index (χ3v) is 3.02. The van der Waals surface area contributed by atoms with E-state index in [0.717, 1.165) is 24.2 Å². The summed E-state index contributed by atoms with van der Waals surface area (Å²) in [5, 5.41) is 0. The predicted molar refractivity (Wildman–Crippen MR) is 62.5 cm³/mol. The zero-order chi connectivity index (χ0) is 11.5. The number of benzene rings is 1. The first-order chi connectivity index (χ1) is 7.72. The van der Waals surface area contributed by atoms with E-state index in [0.29, 0.717) is 12.5 Å². The molecule has 0 heterocycles. The molecular weight excluding hydrogens is 202 g/mol. The Morgan fingerprint density at radius 3 is 2.75 bits per heavy atom. The van der Waals surface area contributed by atoms with Gasteiger partial charge in [-0.2, -0.15) is 0 Å². The molecule has 0 spiro atoms. The first-order valence-corrected chi connectivity index (χ1v) is 5.60. The number of para-hydroxylation sites is 1. The van der Waals surface area contributed by atoms with Crippen LogP contribution in [-0.2, 0) is 11.2 Å². The van der Waals surface area contributed by atoms with Crippen LogP contribution in [0.3, 0.4) is 0 Å². The van der Waals surface area contributed by atoms with Gasteiger partial charge in [0, 0.05) is 18.7 Å². The lowest BCUT2D eigenvalue weighted by Gasteiger charge is -2.17. The van der Waals surface area contributed by atoms with E-state index >= 15 is 0 Å². The summed E-state index contributed by atoms with van der Waals surface area (Å²) in [6.45, 7) is 0. The quantitative estimate of drug-likeness (QED) is 0.773. The second-order valence-corrected chi connectivity index (χ2v) is 4.22. The minimum Gasteiger partial charge on any atom is -0.496 e. The number of nitrogens with zero attached hydrogens (tertiary/aromatic N) is 1. The molecular formula is C13H17NO2. The lowest BCUT2D eigenvalue weighted by Crippen LogP contribution is -2.30. The maximum absolute atomic E-state index is 11.9. The summed E-state index contributed by atoms with van der Waals surface area (Å²) in [4.78, 5) is 13.8. The molecule has 0 atom stereocenters. The largest absolute Gasteiger partial charge is 0.496 e. The first-order valence-electron chi connectivity index (χ1n) is 5.60. The molecule has 1 aliphatic carbocycles. The van der Waals surface area contributed by atoms with Crippen molar-refractivity contribution in [2.75, 3.05) is 14.2 Å². The standard InChI is InChI=1S/C13H17NO2/c1-14(11-7-8-11)13(15)9-10-5-3-4-6-12(10)16-2/h3-6,11H,7-9H2,1-2H3. The molecule has 1 amide bonds. The van der Waals surface area contributed by atoms with E-state index in [4.69, 9.17) is 4.74 Å². The van der Waals surface area contributed by atoms with E-state index in [1.54, 1.807) is 7.11 Å². The molecule has 1 aromatic rings. The van der Waals surface area contributed by atoms with Crippen LogP contribution in [0, 0.1) is 0 Å². The highest BCUT2D eigenvalue weighted by atomic mass is 16.5. The fraction of sp³-hybridized carbons (Fsp3) is 0.462. The fourth-order valence-electron chi connectivity index (χ4n) is 1.80. The van der Waals surface area contributed by atoms with Gasteiger partial charge in [0.25, 0.3) is 0 Å². The molecule has 1 aliphatic rings. The molecule has 0 saturated heterocycles. The van der Waals surface area contributed by atoms with E-state index in [1.165, 1.54) is 0 Å². The van der Waals surface area contributed by atoms with Gasteiger partial charge in [-0.1, -0.05) is 18.2 Å². The lowest BCUT2D eigenvalue weighted by atomic mass is 10.1. The second kappa shape index (κ2) is 4.56. The van der Waals surface area contributed by atoms with Gasteiger partial charge in [-0.25, -0.2) is 0 Å². The molecule has 86 valence electrons. The molecule has 0 radical (unpaired) electrons. The summed E-state index contributed by atoms with van der Waals surface area (Å²) in [7, 11) is 3.52. The monoisotopic (exact) mass is 219 g/mol. The average molecular weight is 219 g/mol. The van der Waals surface area contributed by atoms with Crippen LogP contribution in [0.2, 0.25) is 0 Å². The summed E-state index contributed by atoms with van der Waals surface area (Å²) < 4.78 is 5.23. The van der Waals surface area contributed by atoms with Gasteiger partial charge in [-0.3, -0.25) is 4.79 Å². The van der Waals surface area contributed by atoms with Crippen molar-refractivity contribution < 1.29 is 9.53 Å². The van der Waals surface area contributed by atoms with Crippen molar-refractivity contribution in [3.8, 4) is 5.75 Å². The topological polar surface area (TPSA) is 29.5 Å². The predicted octanol–water partition coefficient (Wildman–Crippen LogP) is 1.86. The number of carbonyl (C=O) groups excluding carboxylic acids is 1. The number of hydrogen-bond acceptors (Lipinski definition) is 2. The SMILES string of the molecule is COc1ccccc1CC(=O)N(C)C1CC1. The van der Waals surface area contributed by atoms with Gasteiger partial charge in [0.1, 0.15) is 5.75 Å². The summed E-state index contributed by atoms with van der Waals surface area (Å²) >= 11 is 0. The molecule has 1 saturated carbocycles. The van der Waals surface area contributed by atoms with E-state index in [-0.39, 0.29) is 5.91 Å². The van der Waals surface area contributed by atoms with Crippen LogP contribution in [0.5, 0.6) is 5.75 Å². The molecule has 3 heteroatoms. The number of amides is 1. The molecule has 0 aliphatic heterocycles. The van der Waals surface area contributed by atoms with Gasteiger partial charge < -0.3 is 9.64 Å². The van der Waals surface area contributed by atoms with Gasteiger partial charge in [0.05, 0.1) is 13.5 Å². The highest BCUT2D eigenvalue weighted by molar-refractivity contribution is 5.79.